The summed E-state index contributed by atoms with van der Waals surface area (Å²) in [6.45, 7) is 3.62. The van der Waals surface area contributed by atoms with Crippen LogP contribution in [-0.4, -0.2) is 142 Å². The van der Waals surface area contributed by atoms with Gasteiger partial charge in [0.25, 0.3) is 0 Å². The smallest absolute Gasteiger partial charge is 0.306 e. The Morgan fingerprint density at radius 3 is 1.54 bits per heavy atom. The van der Waals surface area contributed by atoms with Crippen LogP contribution in [0.1, 0.15) is 168 Å². The second-order valence-electron chi connectivity index (χ2n) is 17.3. The van der Waals surface area contributed by atoms with Crippen molar-refractivity contribution in [3.63, 3.8) is 0 Å². The van der Waals surface area contributed by atoms with Crippen molar-refractivity contribution in [3.05, 3.63) is 36.5 Å². The quantitative estimate of drug-likeness (QED) is 0.0197. The molecule has 0 bridgehead atoms. The first-order valence-electron chi connectivity index (χ1n) is 24.6. The fourth-order valence-corrected chi connectivity index (χ4v) is 7.58. The maximum atomic E-state index is 12.9. The largest absolute Gasteiger partial charge is 0.457 e. The molecule has 0 aromatic carbocycles. The normalized spacial score (nSPS) is 27.3. The summed E-state index contributed by atoms with van der Waals surface area (Å²) >= 11 is 0. The SMILES string of the molecule is CCCCCCC/C=C\C/C=C\C/C=C\CCCCCCCCC(=O)OC(COCCCCCCCCCC)COC1OC(COC2OC(CO)C(O)C(O)C2O)C(O)C(O)C1O. The van der Waals surface area contributed by atoms with Gasteiger partial charge >= 0.3 is 5.97 Å². The van der Waals surface area contributed by atoms with E-state index in [0.717, 1.165) is 70.6 Å². The Kier molecular flexibility index (Phi) is 34.0. The molecule has 7 N–H and O–H groups in total. The molecule has 368 valence electrons. The highest BCUT2D eigenvalue weighted by Gasteiger charge is 2.47. The summed E-state index contributed by atoms with van der Waals surface area (Å²) in [6.07, 6.45) is 23.7. The van der Waals surface area contributed by atoms with Gasteiger partial charge in [-0.05, 0) is 51.4 Å². The molecule has 2 fully saturated rings. The van der Waals surface area contributed by atoms with E-state index >= 15 is 0 Å². The molecule has 2 heterocycles. The lowest BCUT2D eigenvalue weighted by Gasteiger charge is -2.42. The van der Waals surface area contributed by atoms with Crippen LogP contribution in [0, 0.1) is 0 Å². The molecule has 0 aromatic heterocycles. The lowest BCUT2D eigenvalue weighted by atomic mass is 9.98. The van der Waals surface area contributed by atoms with Crippen molar-refractivity contribution < 1.29 is 69.0 Å². The Labute approximate surface area is 379 Å². The topological polar surface area (TPSA) is 214 Å². The second kappa shape index (κ2) is 37.3. The minimum atomic E-state index is -1.71. The molecule has 0 aromatic rings. The van der Waals surface area contributed by atoms with Crippen LogP contribution in [-0.2, 0) is 33.2 Å². The lowest BCUT2D eigenvalue weighted by molar-refractivity contribution is -0.332. The molecular weight excluding hydrogens is 813 g/mol. The van der Waals surface area contributed by atoms with Crippen molar-refractivity contribution in [1.82, 2.24) is 0 Å². The van der Waals surface area contributed by atoms with E-state index in [1.807, 2.05) is 0 Å². The Bertz CT molecular complexity index is 1180. The van der Waals surface area contributed by atoms with E-state index < -0.39 is 86.7 Å². The predicted octanol–water partition coefficient (Wildman–Crippen LogP) is 6.63. The minimum absolute atomic E-state index is 0.0568. The molecule has 2 rings (SSSR count). The van der Waals surface area contributed by atoms with E-state index in [1.54, 1.807) is 0 Å². The van der Waals surface area contributed by atoms with Gasteiger partial charge in [0.1, 0.15) is 54.9 Å². The molecule has 11 unspecified atom stereocenters. The van der Waals surface area contributed by atoms with E-state index in [1.165, 1.54) is 70.6 Å². The van der Waals surface area contributed by atoms with Crippen LogP contribution in [0.15, 0.2) is 36.5 Å². The average Bonchev–Trinajstić information content (AvgIpc) is 3.28. The van der Waals surface area contributed by atoms with Crippen molar-refractivity contribution in [2.45, 2.75) is 235 Å². The van der Waals surface area contributed by atoms with Gasteiger partial charge in [0.05, 0.1) is 26.4 Å². The van der Waals surface area contributed by atoms with Crippen LogP contribution in [0.25, 0.3) is 0 Å². The number of hydrogen-bond donors (Lipinski definition) is 7. The van der Waals surface area contributed by atoms with Crippen molar-refractivity contribution in [3.8, 4) is 0 Å². The van der Waals surface area contributed by atoms with Crippen molar-refractivity contribution in [2.75, 3.05) is 33.0 Å². The summed E-state index contributed by atoms with van der Waals surface area (Å²) < 4.78 is 34.1. The third-order valence-electron chi connectivity index (χ3n) is 11.7. The molecule has 0 saturated carbocycles. The molecule has 14 nitrogen and oxygen atoms in total. The molecule has 2 saturated heterocycles. The molecular formula is C49H88O14. The number of carbonyl (C=O) groups is 1. The van der Waals surface area contributed by atoms with Crippen LogP contribution >= 0.6 is 0 Å². The van der Waals surface area contributed by atoms with Crippen LogP contribution in [0.4, 0.5) is 0 Å². The Balaban J connectivity index is 1.74. The van der Waals surface area contributed by atoms with Crippen molar-refractivity contribution >= 4 is 5.97 Å². The number of carbonyl (C=O) groups excluding carboxylic acids is 1. The Morgan fingerprint density at radius 2 is 0.984 bits per heavy atom. The summed E-state index contributed by atoms with van der Waals surface area (Å²) in [5, 5.41) is 71.9. The van der Waals surface area contributed by atoms with Gasteiger partial charge in [-0.15, -0.1) is 0 Å². The van der Waals surface area contributed by atoms with Crippen molar-refractivity contribution in [1.29, 1.82) is 0 Å². The first-order chi connectivity index (χ1) is 30.6. The fraction of sp³-hybridized carbons (Fsp3) is 0.857. The van der Waals surface area contributed by atoms with E-state index in [4.69, 9.17) is 28.4 Å². The number of aliphatic hydroxyl groups is 7. The molecule has 2 aliphatic rings. The van der Waals surface area contributed by atoms with Crippen LogP contribution < -0.4 is 0 Å². The number of aliphatic hydroxyl groups excluding tert-OH is 7. The summed E-state index contributed by atoms with van der Waals surface area (Å²) in [7, 11) is 0. The number of rotatable bonds is 38. The zero-order chi connectivity index (χ0) is 45.9. The molecule has 63 heavy (non-hydrogen) atoms. The highest BCUT2D eigenvalue weighted by molar-refractivity contribution is 5.69. The van der Waals surface area contributed by atoms with E-state index in [2.05, 4.69) is 50.3 Å². The first kappa shape index (κ1) is 57.3. The highest BCUT2D eigenvalue weighted by Crippen LogP contribution is 2.26. The van der Waals surface area contributed by atoms with Gasteiger partial charge in [-0.25, -0.2) is 0 Å². The van der Waals surface area contributed by atoms with Gasteiger partial charge in [0.15, 0.2) is 12.6 Å². The number of allylic oxidation sites excluding steroid dienone is 6. The third kappa shape index (κ3) is 25.6. The number of hydrogen-bond acceptors (Lipinski definition) is 14. The molecule has 0 aliphatic carbocycles. The highest BCUT2D eigenvalue weighted by atomic mass is 16.7. The fourth-order valence-electron chi connectivity index (χ4n) is 7.58. The summed E-state index contributed by atoms with van der Waals surface area (Å²) in [5.74, 6) is -0.390. The summed E-state index contributed by atoms with van der Waals surface area (Å²) in [4.78, 5) is 12.9. The Hall–Kier alpha value is -1.79. The number of ether oxygens (including phenoxy) is 6. The average molecular weight is 901 g/mol. The number of unbranched alkanes of at least 4 members (excludes halogenated alkanes) is 18. The van der Waals surface area contributed by atoms with Gasteiger partial charge in [0, 0.05) is 13.0 Å². The molecule has 0 radical (unpaired) electrons. The second-order valence-corrected chi connectivity index (χ2v) is 17.3. The maximum absolute atomic E-state index is 12.9. The lowest BCUT2D eigenvalue weighted by Crippen LogP contribution is -2.61. The standard InChI is InChI=1S/C49H88O14/c1-3-5-7-9-11-13-14-15-16-17-18-19-20-21-22-23-24-25-26-28-30-32-41(51)61-38(35-58-33-31-29-27-12-10-8-6-4-2)36-59-48-47(57)45(55)43(53)40(63-48)37-60-49-46(56)44(54)42(52)39(34-50)62-49/h14-15,17-18,20-21,38-40,42-50,52-57H,3-13,16,19,22-37H2,1-2H3/b15-14-,18-17-,21-20-. The van der Waals surface area contributed by atoms with Gasteiger partial charge in [0.2, 0.25) is 0 Å². The zero-order valence-electron chi connectivity index (χ0n) is 38.8. The maximum Gasteiger partial charge on any atom is 0.306 e. The zero-order valence-corrected chi connectivity index (χ0v) is 38.8. The van der Waals surface area contributed by atoms with E-state index in [-0.39, 0.29) is 19.6 Å². The molecule has 0 spiro atoms. The van der Waals surface area contributed by atoms with Gasteiger partial charge in [-0.1, -0.05) is 147 Å². The molecule has 0 amide bonds. The first-order valence-corrected chi connectivity index (χ1v) is 24.6. The van der Waals surface area contributed by atoms with E-state index in [9.17, 15) is 40.5 Å². The third-order valence-corrected chi connectivity index (χ3v) is 11.7. The molecule has 2 aliphatic heterocycles. The van der Waals surface area contributed by atoms with Gasteiger partial charge in [-0.2, -0.15) is 0 Å². The molecule has 11 atom stereocenters. The van der Waals surface area contributed by atoms with Crippen LogP contribution in [0.2, 0.25) is 0 Å². The summed E-state index contributed by atoms with van der Waals surface area (Å²) in [6, 6.07) is 0. The van der Waals surface area contributed by atoms with Crippen LogP contribution in [0.3, 0.4) is 0 Å². The van der Waals surface area contributed by atoms with Crippen molar-refractivity contribution in [2.24, 2.45) is 0 Å². The summed E-state index contributed by atoms with van der Waals surface area (Å²) in [5.41, 5.74) is 0. The Morgan fingerprint density at radius 1 is 0.524 bits per heavy atom. The monoisotopic (exact) mass is 901 g/mol. The minimum Gasteiger partial charge on any atom is -0.457 e. The van der Waals surface area contributed by atoms with Gasteiger partial charge < -0.3 is 64.2 Å². The van der Waals surface area contributed by atoms with E-state index in [0.29, 0.717) is 13.0 Å². The van der Waals surface area contributed by atoms with Gasteiger partial charge in [-0.3, -0.25) is 4.79 Å². The van der Waals surface area contributed by atoms with Crippen LogP contribution in [0.5, 0.6) is 0 Å². The number of esters is 1. The molecule has 14 heteroatoms. The predicted molar refractivity (Wildman–Crippen MR) is 243 cm³/mol.